The van der Waals surface area contributed by atoms with E-state index in [1.54, 1.807) is 12.4 Å². The molecule has 1 heterocycles. The molecule has 0 radical (unpaired) electrons. The first-order valence-corrected chi connectivity index (χ1v) is 5.67. The van der Waals surface area contributed by atoms with Gasteiger partial charge in [-0.1, -0.05) is 12.1 Å². The van der Waals surface area contributed by atoms with E-state index in [0.29, 0.717) is 6.42 Å². The third-order valence-electron chi connectivity index (χ3n) is 2.55. The van der Waals surface area contributed by atoms with Crippen LogP contribution in [-0.2, 0) is 6.42 Å². The van der Waals surface area contributed by atoms with E-state index in [1.165, 1.54) is 0 Å². The summed E-state index contributed by atoms with van der Waals surface area (Å²) < 4.78 is 0. The van der Waals surface area contributed by atoms with E-state index in [1.807, 2.05) is 37.4 Å². The monoisotopic (exact) mass is 238 g/mol. The average molecular weight is 238 g/mol. The molecule has 4 nitrogen and oxygen atoms in total. The zero-order chi connectivity index (χ0) is 12.8. The number of aromatic nitrogens is 1. The molecule has 2 rings (SSSR count). The van der Waals surface area contributed by atoms with Crippen LogP contribution in [0.5, 0.6) is 0 Å². The molecule has 2 N–H and O–H groups in total. The third kappa shape index (κ3) is 2.98. The molecule has 18 heavy (non-hydrogen) atoms. The van der Waals surface area contributed by atoms with Crippen LogP contribution in [0, 0.1) is 11.3 Å². The fourth-order valence-corrected chi connectivity index (χ4v) is 1.61. The van der Waals surface area contributed by atoms with Crippen LogP contribution >= 0.6 is 0 Å². The van der Waals surface area contributed by atoms with Crippen molar-refractivity contribution >= 4 is 17.1 Å². The molecule has 0 spiro atoms. The molecule has 4 heteroatoms. The summed E-state index contributed by atoms with van der Waals surface area (Å²) in [6.45, 7) is 0. The molecule has 0 aliphatic heterocycles. The lowest BCUT2D eigenvalue weighted by atomic mass is 10.1. The molecule has 0 amide bonds. The first-order chi connectivity index (χ1) is 8.81. The predicted molar refractivity (Wildman–Crippen MR) is 72.8 cm³/mol. The smallest absolute Gasteiger partial charge is 0.0669 e. The van der Waals surface area contributed by atoms with Crippen molar-refractivity contribution in [2.24, 2.45) is 0 Å². The lowest BCUT2D eigenvalue weighted by molar-refractivity contribution is 1.26. The Balaban J connectivity index is 2.11. The minimum absolute atomic E-state index is 0.442. The first kappa shape index (κ1) is 11.9. The molecule has 0 fully saturated rings. The van der Waals surface area contributed by atoms with E-state index >= 15 is 0 Å². The second kappa shape index (κ2) is 5.69. The highest BCUT2D eigenvalue weighted by Gasteiger charge is 1.97. The summed E-state index contributed by atoms with van der Waals surface area (Å²) in [5.74, 6) is 0. The van der Waals surface area contributed by atoms with E-state index in [-0.39, 0.29) is 0 Å². The molecule has 0 aliphatic carbocycles. The quantitative estimate of drug-likeness (QED) is 0.859. The van der Waals surface area contributed by atoms with Gasteiger partial charge in [0.15, 0.2) is 0 Å². The fraction of sp³-hybridized carbons (Fsp3) is 0.143. The van der Waals surface area contributed by atoms with E-state index in [0.717, 1.165) is 22.6 Å². The minimum Gasteiger partial charge on any atom is -0.387 e. The fourth-order valence-electron chi connectivity index (χ4n) is 1.61. The Labute approximate surface area is 106 Å². The van der Waals surface area contributed by atoms with Crippen molar-refractivity contribution in [1.29, 1.82) is 5.26 Å². The van der Waals surface area contributed by atoms with E-state index in [9.17, 15) is 0 Å². The molecule has 0 unspecified atom stereocenters. The molecular formula is C14H14N4. The topological polar surface area (TPSA) is 60.7 Å². The second-order valence-corrected chi connectivity index (χ2v) is 3.87. The molecule has 0 saturated carbocycles. The van der Waals surface area contributed by atoms with Crippen molar-refractivity contribution in [2.45, 2.75) is 6.42 Å². The standard InChI is InChI=1S/C14H14N4/c1-16-13-8-14(10-17-9-13)18-12-4-2-11(3-5-12)6-7-15/h2-5,8-10,16,18H,6H2,1H3. The van der Waals surface area contributed by atoms with Gasteiger partial charge in [0.1, 0.15) is 0 Å². The van der Waals surface area contributed by atoms with Gasteiger partial charge in [0.25, 0.3) is 0 Å². The number of rotatable bonds is 4. The van der Waals surface area contributed by atoms with Crippen LogP contribution in [0.4, 0.5) is 17.1 Å². The van der Waals surface area contributed by atoms with Crippen LogP contribution in [0.15, 0.2) is 42.7 Å². The second-order valence-electron chi connectivity index (χ2n) is 3.87. The third-order valence-corrected chi connectivity index (χ3v) is 2.55. The van der Waals surface area contributed by atoms with E-state index in [2.05, 4.69) is 21.7 Å². The van der Waals surface area contributed by atoms with Crippen molar-refractivity contribution < 1.29 is 0 Å². The lowest BCUT2D eigenvalue weighted by Gasteiger charge is -2.08. The highest BCUT2D eigenvalue weighted by atomic mass is 14.9. The predicted octanol–water partition coefficient (Wildman–Crippen LogP) is 2.93. The van der Waals surface area contributed by atoms with E-state index in [4.69, 9.17) is 5.26 Å². The summed E-state index contributed by atoms with van der Waals surface area (Å²) in [7, 11) is 1.86. The summed E-state index contributed by atoms with van der Waals surface area (Å²) in [4.78, 5) is 4.13. The summed E-state index contributed by atoms with van der Waals surface area (Å²) in [5, 5.41) is 14.9. The Hall–Kier alpha value is -2.54. The van der Waals surface area contributed by atoms with Crippen molar-refractivity contribution in [3.8, 4) is 6.07 Å². The molecule has 2 aromatic rings. The SMILES string of the molecule is CNc1cncc(Nc2ccc(CC#N)cc2)c1. The van der Waals surface area contributed by atoms with Crippen molar-refractivity contribution in [3.63, 3.8) is 0 Å². The van der Waals surface area contributed by atoms with Gasteiger partial charge in [-0.25, -0.2) is 0 Å². The van der Waals surface area contributed by atoms with Crippen LogP contribution in [0.1, 0.15) is 5.56 Å². The Morgan fingerprint density at radius 3 is 2.50 bits per heavy atom. The number of hydrogen-bond acceptors (Lipinski definition) is 4. The van der Waals surface area contributed by atoms with E-state index < -0.39 is 0 Å². The molecule has 1 aromatic carbocycles. The molecule has 0 saturated heterocycles. The van der Waals surface area contributed by atoms with Gasteiger partial charge < -0.3 is 10.6 Å². The number of nitrogens with one attached hydrogen (secondary N) is 2. The van der Waals surface area contributed by atoms with Crippen LogP contribution in [0.25, 0.3) is 0 Å². The summed E-state index contributed by atoms with van der Waals surface area (Å²) in [5.41, 5.74) is 3.88. The van der Waals surface area contributed by atoms with Crippen molar-refractivity contribution in [3.05, 3.63) is 48.3 Å². The summed E-state index contributed by atoms with van der Waals surface area (Å²) >= 11 is 0. The Morgan fingerprint density at radius 2 is 1.83 bits per heavy atom. The number of pyridine rings is 1. The van der Waals surface area contributed by atoms with Crippen molar-refractivity contribution in [2.75, 3.05) is 17.7 Å². The molecule has 0 bridgehead atoms. The maximum absolute atomic E-state index is 8.60. The zero-order valence-electron chi connectivity index (χ0n) is 10.1. The Kier molecular flexibility index (Phi) is 3.77. The van der Waals surface area contributed by atoms with Crippen LogP contribution in [0.2, 0.25) is 0 Å². The van der Waals surface area contributed by atoms with Crippen LogP contribution < -0.4 is 10.6 Å². The zero-order valence-corrected chi connectivity index (χ0v) is 10.1. The number of hydrogen-bond donors (Lipinski definition) is 2. The van der Waals surface area contributed by atoms with Gasteiger partial charge in [-0.2, -0.15) is 5.26 Å². The maximum atomic E-state index is 8.60. The van der Waals surface area contributed by atoms with Gasteiger partial charge in [-0.05, 0) is 23.8 Å². The van der Waals surface area contributed by atoms with Gasteiger partial charge in [-0.15, -0.1) is 0 Å². The molecule has 1 aromatic heterocycles. The van der Waals surface area contributed by atoms with Gasteiger partial charge in [0.2, 0.25) is 0 Å². The van der Waals surface area contributed by atoms with Gasteiger partial charge in [0, 0.05) is 12.7 Å². The summed E-state index contributed by atoms with van der Waals surface area (Å²) in [6.07, 6.45) is 3.97. The summed E-state index contributed by atoms with van der Waals surface area (Å²) in [6, 6.07) is 11.9. The first-order valence-electron chi connectivity index (χ1n) is 5.67. The number of nitrogens with zero attached hydrogens (tertiary/aromatic N) is 2. The Bertz CT molecular complexity index is 555. The normalized spacial score (nSPS) is 9.56. The van der Waals surface area contributed by atoms with Gasteiger partial charge in [-0.3, -0.25) is 4.98 Å². The highest BCUT2D eigenvalue weighted by molar-refractivity contribution is 5.63. The lowest BCUT2D eigenvalue weighted by Crippen LogP contribution is -1.94. The van der Waals surface area contributed by atoms with Crippen LogP contribution in [0.3, 0.4) is 0 Å². The Morgan fingerprint density at radius 1 is 1.11 bits per heavy atom. The van der Waals surface area contributed by atoms with Crippen molar-refractivity contribution in [1.82, 2.24) is 4.98 Å². The number of nitriles is 1. The van der Waals surface area contributed by atoms with Crippen LogP contribution in [-0.4, -0.2) is 12.0 Å². The number of benzene rings is 1. The number of anilines is 3. The molecule has 0 aliphatic rings. The molecule has 0 atom stereocenters. The van der Waals surface area contributed by atoms with Gasteiger partial charge >= 0.3 is 0 Å². The van der Waals surface area contributed by atoms with Gasteiger partial charge in [0.05, 0.1) is 36.3 Å². The minimum atomic E-state index is 0.442. The molecule has 90 valence electrons. The maximum Gasteiger partial charge on any atom is 0.0669 e. The average Bonchev–Trinajstić information content (AvgIpc) is 2.42. The highest BCUT2D eigenvalue weighted by Crippen LogP contribution is 2.19. The molecular weight excluding hydrogens is 224 g/mol. The largest absolute Gasteiger partial charge is 0.387 e.